The Kier molecular flexibility index (Phi) is 6.04. The van der Waals surface area contributed by atoms with Crippen LogP contribution in [0.25, 0.3) is 11.4 Å². The average molecular weight is 411 g/mol. The van der Waals surface area contributed by atoms with Crippen LogP contribution in [0.1, 0.15) is 49.0 Å². The Morgan fingerprint density at radius 3 is 2.76 bits per heavy atom. The number of hydrogen-bond acceptors (Lipinski definition) is 5. The molecular formula is C22H23FN4OS. The van der Waals surface area contributed by atoms with Crippen LogP contribution in [0.3, 0.4) is 0 Å². The highest BCUT2D eigenvalue weighted by atomic mass is 32.2. The van der Waals surface area contributed by atoms with Crippen molar-refractivity contribution in [2.45, 2.75) is 43.8 Å². The van der Waals surface area contributed by atoms with E-state index in [0.29, 0.717) is 11.1 Å². The molecule has 4 rings (SSSR count). The molecule has 1 aromatic carbocycles. The molecule has 0 N–H and O–H groups in total. The van der Waals surface area contributed by atoms with Gasteiger partial charge in [-0.25, -0.2) is 4.39 Å². The van der Waals surface area contributed by atoms with Crippen LogP contribution in [0.2, 0.25) is 0 Å². The molecule has 5 nitrogen and oxygen atoms in total. The Hall–Kier alpha value is -2.54. The first-order valence-corrected chi connectivity index (χ1v) is 10.9. The molecule has 2 heterocycles. The fourth-order valence-electron chi connectivity index (χ4n) is 3.94. The Morgan fingerprint density at radius 1 is 1.17 bits per heavy atom. The summed E-state index contributed by atoms with van der Waals surface area (Å²) in [7, 11) is 0. The van der Waals surface area contributed by atoms with Crippen molar-refractivity contribution in [1.29, 1.82) is 0 Å². The second-order valence-electron chi connectivity index (χ2n) is 7.44. The van der Waals surface area contributed by atoms with Crippen LogP contribution in [0.15, 0.2) is 53.9 Å². The molecule has 1 saturated carbocycles. The van der Waals surface area contributed by atoms with Crippen molar-refractivity contribution in [3.05, 3.63) is 60.2 Å². The van der Waals surface area contributed by atoms with Gasteiger partial charge in [-0.1, -0.05) is 43.7 Å². The smallest absolute Gasteiger partial charge is 0.192 e. The van der Waals surface area contributed by atoms with E-state index in [1.807, 2.05) is 12.1 Å². The molecule has 7 heteroatoms. The Balaban J connectivity index is 1.64. The van der Waals surface area contributed by atoms with Gasteiger partial charge < -0.3 is 0 Å². The molecule has 0 spiro atoms. The SMILES string of the molecule is C[C@H]1CCCC[C@H]1n1c(SCC(=O)c2ccccc2F)nnc1-c1cccnc1. The number of nitrogens with zero attached hydrogens (tertiary/aromatic N) is 4. The lowest BCUT2D eigenvalue weighted by molar-refractivity contribution is 0.101. The molecule has 2 aromatic heterocycles. The highest BCUT2D eigenvalue weighted by Crippen LogP contribution is 2.39. The minimum Gasteiger partial charge on any atom is -0.299 e. The van der Waals surface area contributed by atoms with Crippen LogP contribution in [0.5, 0.6) is 0 Å². The lowest BCUT2D eigenvalue weighted by atomic mass is 9.85. The molecular weight excluding hydrogens is 387 g/mol. The van der Waals surface area contributed by atoms with Gasteiger partial charge in [0.05, 0.1) is 11.3 Å². The van der Waals surface area contributed by atoms with Gasteiger partial charge in [-0.2, -0.15) is 0 Å². The Morgan fingerprint density at radius 2 is 2.00 bits per heavy atom. The predicted octanol–water partition coefficient (Wildman–Crippen LogP) is 5.21. The van der Waals surface area contributed by atoms with Gasteiger partial charge >= 0.3 is 0 Å². The Labute approximate surface area is 173 Å². The second-order valence-corrected chi connectivity index (χ2v) is 8.38. The third kappa shape index (κ3) is 4.24. The molecule has 29 heavy (non-hydrogen) atoms. The van der Waals surface area contributed by atoms with Crippen LogP contribution < -0.4 is 0 Å². The van der Waals surface area contributed by atoms with E-state index in [2.05, 4.69) is 26.7 Å². The summed E-state index contributed by atoms with van der Waals surface area (Å²) in [5.41, 5.74) is 1.02. The summed E-state index contributed by atoms with van der Waals surface area (Å²) in [5, 5.41) is 9.52. The number of aromatic nitrogens is 4. The molecule has 3 aromatic rings. The van der Waals surface area contributed by atoms with Crippen molar-refractivity contribution in [3.8, 4) is 11.4 Å². The lowest BCUT2D eigenvalue weighted by Crippen LogP contribution is -2.22. The number of halogens is 1. The highest BCUT2D eigenvalue weighted by molar-refractivity contribution is 7.99. The zero-order chi connectivity index (χ0) is 20.2. The summed E-state index contributed by atoms with van der Waals surface area (Å²) >= 11 is 1.32. The molecule has 1 aliphatic rings. The van der Waals surface area contributed by atoms with E-state index in [1.54, 1.807) is 24.5 Å². The topological polar surface area (TPSA) is 60.7 Å². The molecule has 0 radical (unpaired) electrons. The third-order valence-electron chi connectivity index (χ3n) is 5.49. The largest absolute Gasteiger partial charge is 0.299 e. The number of benzene rings is 1. The summed E-state index contributed by atoms with van der Waals surface area (Å²) in [4.78, 5) is 16.8. The van der Waals surface area contributed by atoms with E-state index in [-0.39, 0.29) is 23.1 Å². The van der Waals surface area contributed by atoms with Crippen LogP contribution in [0.4, 0.5) is 4.39 Å². The lowest BCUT2D eigenvalue weighted by Gasteiger charge is -2.31. The van der Waals surface area contributed by atoms with Gasteiger partial charge in [0, 0.05) is 24.0 Å². The summed E-state index contributed by atoms with van der Waals surface area (Å²) in [6.45, 7) is 2.26. The fourth-order valence-corrected chi connectivity index (χ4v) is 4.82. The molecule has 0 bridgehead atoms. The summed E-state index contributed by atoms with van der Waals surface area (Å²) in [6.07, 6.45) is 8.13. The molecule has 0 amide bonds. The number of rotatable bonds is 6. The first-order chi connectivity index (χ1) is 14.1. The van der Waals surface area contributed by atoms with E-state index in [9.17, 15) is 9.18 Å². The molecule has 150 valence electrons. The van der Waals surface area contributed by atoms with Gasteiger partial charge in [0.15, 0.2) is 16.8 Å². The van der Waals surface area contributed by atoms with E-state index < -0.39 is 5.82 Å². The van der Waals surface area contributed by atoms with Crippen molar-refractivity contribution in [2.75, 3.05) is 5.75 Å². The molecule has 1 fully saturated rings. The Bertz CT molecular complexity index is 991. The maximum absolute atomic E-state index is 13.9. The van der Waals surface area contributed by atoms with Gasteiger partial charge in [-0.05, 0) is 43.0 Å². The maximum Gasteiger partial charge on any atom is 0.192 e. The molecule has 1 aliphatic carbocycles. The zero-order valence-electron chi connectivity index (χ0n) is 16.3. The van der Waals surface area contributed by atoms with Crippen molar-refractivity contribution in [1.82, 2.24) is 19.7 Å². The molecule has 0 saturated heterocycles. The van der Waals surface area contributed by atoms with Crippen molar-refractivity contribution >= 4 is 17.5 Å². The van der Waals surface area contributed by atoms with Gasteiger partial charge in [-0.15, -0.1) is 10.2 Å². The van der Waals surface area contributed by atoms with Crippen molar-refractivity contribution < 1.29 is 9.18 Å². The first kappa shape index (κ1) is 19.8. The monoisotopic (exact) mass is 410 g/mol. The number of carbonyl (C=O) groups excluding carboxylic acids is 1. The molecule has 0 aliphatic heterocycles. The third-order valence-corrected chi connectivity index (χ3v) is 6.43. The van der Waals surface area contributed by atoms with Crippen molar-refractivity contribution in [3.63, 3.8) is 0 Å². The highest BCUT2D eigenvalue weighted by Gasteiger charge is 2.29. The van der Waals surface area contributed by atoms with Gasteiger partial charge in [0.1, 0.15) is 5.82 Å². The van der Waals surface area contributed by atoms with E-state index in [0.717, 1.165) is 30.7 Å². The molecule has 0 unspecified atom stereocenters. The second kappa shape index (κ2) is 8.86. The number of hydrogen-bond donors (Lipinski definition) is 0. The van der Waals surface area contributed by atoms with E-state index in [4.69, 9.17) is 0 Å². The predicted molar refractivity (Wildman–Crippen MR) is 111 cm³/mol. The number of Topliss-reactive ketones (excluding diaryl/α,β-unsaturated/α-hetero) is 1. The minimum absolute atomic E-state index is 0.115. The van der Waals surface area contributed by atoms with Gasteiger partial charge in [-0.3, -0.25) is 14.3 Å². The van der Waals surface area contributed by atoms with Gasteiger partial charge in [0.25, 0.3) is 0 Å². The van der Waals surface area contributed by atoms with Crippen LogP contribution in [-0.4, -0.2) is 31.3 Å². The van der Waals surface area contributed by atoms with Crippen LogP contribution >= 0.6 is 11.8 Å². The minimum atomic E-state index is -0.489. The standard InChI is InChI=1S/C22H23FN4OS/c1-15-7-2-5-11-19(15)27-21(16-8-6-12-24-13-16)25-26-22(27)29-14-20(28)17-9-3-4-10-18(17)23/h3-4,6,8-10,12-13,15,19H,2,5,7,11,14H2,1H3/t15-,19+/m0/s1. The fraction of sp³-hybridized carbons (Fsp3) is 0.364. The van der Waals surface area contributed by atoms with Crippen LogP contribution in [-0.2, 0) is 0 Å². The van der Waals surface area contributed by atoms with Crippen molar-refractivity contribution in [2.24, 2.45) is 5.92 Å². The summed E-state index contributed by atoms with van der Waals surface area (Å²) in [6, 6.07) is 10.2. The van der Waals surface area contributed by atoms with E-state index >= 15 is 0 Å². The van der Waals surface area contributed by atoms with Crippen LogP contribution in [0, 0.1) is 11.7 Å². The number of ketones is 1. The number of pyridine rings is 1. The quantitative estimate of drug-likeness (QED) is 0.413. The summed E-state index contributed by atoms with van der Waals surface area (Å²) < 4.78 is 16.1. The first-order valence-electron chi connectivity index (χ1n) is 9.91. The average Bonchev–Trinajstić information content (AvgIpc) is 3.17. The van der Waals surface area contributed by atoms with E-state index in [1.165, 1.54) is 30.3 Å². The summed E-state index contributed by atoms with van der Waals surface area (Å²) in [5.74, 6) is 0.654. The van der Waals surface area contributed by atoms with Gasteiger partial charge in [0.2, 0.25) is 0 Å². The maximum atomic E-state index is 13.9. The zero-order valence-corrected chi connectivity index (χ0v) is 17.1. The number of carbonyl (C=O) groups is 1. The normalized spacial score (nSPS) is 19.2. The number of thioether (sulfide) groups is 1. The molecule has 2 atom stereocenters.